The summed E-state index contributed by atoms with van der Waals surface area (Å²) in [7, 11) is -1.04. The van der Waals surface area contributed by atoms with Crippen molar-refractivity contribution in [1.82, 2.24) is 0 Å². The minimum absolute atomic E-state index is 0.00889. The van der Waals surface area contributed by atoms with E-state index in [0.717, 1.165) is 9.65 Å². The van der Waals surface area contributed by atoms with Gasteiger partial charge in [0.1, 0.15) is 0 Å². The summed E-state index contributed by atoms with van der Waals surface area (Å²) < 4.78 is 6.24. The Morgan fingerprint density at radius 1 is 1.40 bits per heavy atom. The first kappa shape index (κ1) is 12.8. The smallest absolute Gasteiger partial charge is 0.230 e. The van der Waals surface area contributed by atoms with Crippen molar-refractivity contribution >= 4 is 23.2 Å². The molecule has 0 bridgehead atoms. The summed E-state index contributed by atoms with van der Waals surface area (Å²) in [5.74, 6) is 0. The molecule has 0 saturated carbocycles. The molecule has 1 aromatic heterocycles. The standard InChI is InChI=1S/C11H18BO2S/c1-8-6-7-10(15-8)12(13)14-9(2)11(3,4)5/h6-7,9H,1-5H3/q-1. The Morgan fingerprint density at radius 2 is 2.00 bits per heavy atom. The molecule has 0 fully saturated rings. The first-order valence-corrected chi connectivity index (χ1v) is 6.00. The van der Waals surface area contributed by atoms with Crippen LogP contribution in [0.4, 0.5) is 0 Å². The van der Waals surface area contributed by atoms with Gasteiger partial charge in [-0.3, -0.25) is 0 Å². The highest BCUT2D eigenvalue weighted by atomic mass is 32.1. The number of thiophene rings is 1. The largest absolute Gasteiger partial charge is 0.852 e. The molecule has 15 heavy (non-hydrogen) atoms. The molecular weight excluding hydrogens is 207 g/mol. The summed E-state index contributed by atoms with van der Waals surface area (Å²) in [6.07, 6.45) is -0.0394. The van der Waals surface area contributed by atoms with Crippen LogP contribution in [0.2, 0.25) is 0 Å². The van der Waals surface area contributed by atoms with Crippen LogP contribution in [-0.2, 0) is 4.65 Å². The van der Waals surface area contributed by atoms with Crippen LogP contribution < -0.4 is 9.80 Å². The van der Waals surface area contributed by atoms with E-state index < -0.39 is 7.12 Å². The molecule has 0 amide bonds. The first-order chi connectivity index (χ1) is 6.80. The van der Waals surface area contributed by atoms with Crippen LogP contribution in [-0.4, -0.2) is 13.2 Å². The predicted molar refractivity (Wildman–Crippen MR) is 64.4 cm³/mol. The molecule has 0 spiro atoms. The third-order valence-corrected chi connectivity index (χ3v) is 3.56. The van der Waals surface area contributed by atoms with E-state index in [1.165, 1.54) is 11.3 Å². The van der Waals surface area contributed by atoms with E-state index in [-0.39, 0.29) is 11.5 Å². The molecule has 1 aromatic rings. The highest BCUT2D eigenvalue weighted by Crippen LogP contribution is 2.21. The fourth-order valence-corrected chi connectivity index (χ4v) is 1.83. The molecule has 0 aliphatic rings. The normalized spacial score (nSPS) is 14.0. The summed E-state index contributed by atoms with van der Waals surface area (Å²) in [5.41, 5.74) is 0.00889. The Bertz CT molecular complexity index is 317. The SMILES string of the molecule is Cc1ccc(B([O-])OC(C)C(C)(C)C)s1. The van der Waals surface area contributed by atoms with Gasteiger partial charge in [0.25, 0.3) is 0 Å². The van der Waals surface area contributed by atoms with E-state index in [0.29, 0.717) is 0 Å². The maximum Gasteiger partial charge on any atom is 0.230 e. The molecule has 4 heteroatoms. The zero-order valence-electron chi connectivity index (χ0n) is 10.0. The monoisotopic (exact) mass is 225 g/mol. The van der Waals surface area contributed by atoms with Gasteiger partial charge in [-0.2, -0.15) is 11.3 Å². The van der Waals surface area contributed by atoms with Crippen molar-refractivity contribution in [3.05, 3.63) is 17.0 Å². The van der Waals surface area contributed by atoms with Crippen molar-refractivity contribution in [3.8, 4) is 0 Å². The summed E-state index contributed by atoms with van der Waals surface area (Å²) in [6.45, 7) is 10.2. The van der Waals surface area contributed by atoms with Crippen LogP contribution in [0.3, 0.4) is 0 Å². The van der Waals surface area contributed by atoms with Crippen molar-refractivity contribution in [2.24, 2.45) is 5.41 Å². The highest BCUT2D eigenvalue weighted by Gasteiger charge is 2.22. The van der Waals surface area contributed by atoms with Crippen LogP contribution in [0.25, 0.3) is 0 Å². The average molecular weight is 225 g/mol. The van der Waals surface area contributed by atoms with Gasteiger partial charge < -0.3 is 9.68 Å². The van der Waals surface area contributed by atoms with Crippen molar-refractivity contribution < 1.29 is 9.68 Å². The maximum atomic E-state index is 11.8. The molecule has 2 nitrogen and oxygen atoms in total. The topological polar surface area (TPSA) is 32.3 Å². The molecule has 1 unspecified atom stereocenters. The highest BCUT2D eigenvalue weighted by molar-refractivity contribution is 7.22. The molecule has 0 aliphatic heterocycles. The van der Waals surface area contributed by atoms with E-state index in [1.807, 2.05) is 26.0 Å². The lowest BCUT2D eigenvalue weighted by molar-refractivity contribution is -0.223. The summed E-state index contributed by atoms with van der Waals surface area (Å²) in [5, 5.41) is 11.8. The molecule has 0 aromatic carbocycles. The zero-order chi connectivity index (χ0) is 11.6. The lowest BCUT2D eigenvalue weighted by Gasteiger charge is -2.32. The molecule has 0 radical (unpaired) electrons. The molecule has 0 N–H and O–H groups in total. The van der Waals surface area contributed by atoms with Gasteiger partial charge >= 0.3 is 0 Å². The van der Waals surface area contributed by atoms with Gasteiger partial charge in [-0.1, -0.05) is 26.8 Å². The molecule has 0 aliphatic carbocycles. The second-order valence-electron chi connectivity index (χ2n) is 4.92. The van der Waals surface area contributed by atoms with E-state index in [9.17, 15) is 5.02 Å². The quantitative estimate of drug-likeness (QED) is 0.731. The van der Waals surface area contributed by atoms with Crippen LogP contribution >= 0.6 is 11.3 Å². The number of aryl methyl sites for hydroxylation is 1. The van der Waals surface area contributed by atoms with Gasteiger partial charge in [-0.25, -0.2) is 0 Å². The van der Waals surface area contributed by atoms with Crippen LogP contribution in [0.15, 0.2) is 12.1 Å². The molecule has 1 rings (SSSR count). The van der Waals surface area contributed by atoms with Gasteiger partial charge in [0.2, 0.25) is 7.12 Å². The Labute approximate surface area is 96.4 Å². The molecule has 1 atom stereocenters. The zero-order valence-corrected chi connectivity index (χ0v) is 10.9. The molecule has 84 valence electrons. The third-order valence-electron chi connectivity index (χ3n) is 2.54. The van der Waals surface area contributed by atoms with Crippen LogP contribution in [0.1, 0.15) is 32.6 Å². The van der Waals surface area contributed by atoms with Crippen molar-refractivity contribution in [1.29, 1.82) is 0 Å². The number of hydrogen-bond acceptors (Lipinski definition) is 3. The summed E-state index contributed by atoms with van der Waals surface area (Å²) in [6, 6.07) is 3.81. The second kappa shape index (κ2) is 4.68. The predicted octanol–water partition coefficient (Wildman–Crippen LogP) is 1.56. The Morgan fingerprint density at radius 3 is 2.40 bits per heavy atom. The maximum absolute atomic E-state index is 11.8. The number of rotatable bonds is 3. The van der Waals surface area contributed by atoms with E-state index in [2.05, 4.69) is 20.8 Å². The summed E-state index contributed by atoms with van der Waals surface area (Å²) in [4.78, 5) is 1.15. The Balaban J connectivity index is 2.60. The van der Waals surface area contributed by atoms with E-state index >= 15 is 0 Å². The average Bonchev–Trinajstić information content (AvgIpc) is 2.50. The van der Waals surface area contributed by atoms with E-state index in [1.54, 1.807) is 0 Å². The van der Waals surface area contributed by atoms with Crippen LogP contribution in [0, 0.1) is 12.3 Å². The van der Waals surface area contributed by atoms with Crippen molar-refractivity contribution in [2.45, 2.75) is 40.7 Å². The van der Waals surface area contributed by atoms with Crippen LogP contribution in [0.5, 0.6) is 0 Å². The first-order valence-electron chi connectivity index (χ1n) is 5.18. The minimum Gasteiger partial charge on any atom is -0.852 e. The van der Waals surface area contributed by atoms with Gasteiger partial charge in [0, 0.05) is 11.0 Å². The summed E-state index contributed by atoms with van der Waals surface area (Å²) >= 11 is 1.51. The van der Waals surface area contributed by atoms with Gasteiger partial charge in [0.15, 0.2) is 0 Å². The number of hydrogen-bond donors (Lipinski definition) is 0. The minimum atomic E-state index is -1.04. The van der Waals surface area contributed by atoms with Gasteiger partial charge in [-0.05, 0) is 30.1 Å². The van der Waals surface area contributed by atoms with E-state index in [4.69, 9.17) is 4.65 Å². The molecule has 1 heterocycles. The lowest BCUT2D eigenvalue weighted by Crippen LogP contribution is -2.49. The lowest BCUT2D eigenvalue weighted by atomic mass is 9.84. The fraction of sp³-hybridized carbons (Fsp3) is 0.636. The molecule has 0 saturated heterocycles. The second-order valence-corrected chi connectivity index (χ2v) is 6.24. The third kappa shape index (κ3) is 3.63. The Kier molecular flexibility index (Phi) is 3.98. The fourth-order valence-electron chi connectivity index (χ4n) is 1.04. The van der Waals surface area contributed by atoms with Gasteiger partial charge in [0.05, 0.1) is 0 Å². The van der Waals surface area contributed by atoms with Crippen molar-refractivity contribution in [3.63, 3.8) is 0 Å². The molecular formula is C11H18BO2S-. The Hall–Kier alpha value is -0.315. The van der Waals surface area contributed by atoms with Gasteiger partial charge in [-0.15, -0.1) is 0 Å². The van der Waals surface area contributed by atoms with Crippen molar-refractivity contribution in [2.75, 3.05) is 0 Å².